The summed E-state index contributed by atoms with van der Waals surface area (Å²) in [6.45, 7) is 4.16. The fourth-order valence-corrected chi connectivity index (χ4v) is 2.26. The maximum absolute atomic E-state index is 11.7. The molecule has 0 saturated heterocycles. The third kappa shape index (κ3) is 3.83. The first kappa shape index (κ1) is 14.1. The van der Waals surface area contributed by atoms with Crippen LogP contribution in [0.3, 0.4) is 0 Å². The molecule has 1 saturated carbocycles. The molecule has 0 aromatic carbocycles. The average molecular weight is 265 g/mol. The van der Waals surface area contributed by atoms with E-state index in [2.05, 4.69) is 12.2 Å². The summed E-state index contributed by atoms with van der Waals surface area (Å²) in [6.07, 6.45) is 2.98. The highest BCUT2D eigenvalue weighted by Crippen LogP contribution is 2.47. The Morgan fingerprint density at radius 1 is 1.58 bits per heavy atom. The molecule has 1 heterocycles. The van der Waals surface area contributed by atoms with Crippen molar-refractivity contribution in [3.8, 4) is 0 Å². The zero-order chi connectivity index (χ0) is 13.8. The van der Waals surface area contributed by atoms with Crippen molar-refractivity contribution in [2.45, 2.75) is 51.5 Å². The van der Waals surface area contributed by atoms with Crippen LogP contribution in [0.25, 0.3) is 0 Å². The van der Waals surface area contributed by atoms with Gasteiger partial charge in [-0.25, -0.2) is 0 Å². The molecule has 4 nitrogen and oxygen atoms in total. The molecule has 1 aromatic rings. The van der Waals surface area contributed by atoms with Gasteiger partial charge in [-0.05, 0) is 30.9 Å². The van der Waals surface area contributed by atoms with Gasteiger partial charge < -0.3 is 14.8 Å². The second kappa shape index (κ2) is 6.24. The molecule has 2 rings (SSSR count). The number of hydrogen-bond donors (Lipinski definition) is 2. The second-order valence-electron chi connectivity index (χ2n) is 5.48. The van der Waals surface area contributed by atoms with Gasteiger partial charge in [-0.15, -0.1) is 0 Å². The van der Waals surface area contributed by atoms with Gasteiger partial charge in [0.05, 0.1) is 12.6 Å². The fraction of sp³-hybridized carbons (Fsp3) is 0.667. The summed E-state index contributed by atoms with van der Waals surface area (Å²) in [5, 5.41) is 11.8. The highest BCUT2D eigenvalue weighted by atomic mass is 16.3. The number of nitrogens with one attached hydrogen (secondary N) is 1. The molecule has 0 spiro atoms. The molecule has 0 aliphatic heterocycles. The van der Waals surface area contributed by atoms with Crippen molar-refractivity contribution in [3.05, 3.63) is 23.7 Å². The molecule has 1 aliphatic carbocycles. The van der Waals surface area contributed by atoms with Crippen molar-refractivity contribution in [3.63, 3.8) is 0 Å². The van der Waals surface area contributed by atoms with Crippen molar-refractivity contribution in [1.29, 1.82) is 0 Å². The van der Waals surface area contributed by atoms with E-state index in [1.54, 1.807) is 0 Å². The lowest BCUT2D eigenvalue weighted by Crippen LogP contribution is -2.36. The number of carbonyl (C=O) groups is 1. The predicted molar refractivity (Wildman–Crippen MR) is 72.9 cm³/mol. The van der Waals surface area contributed by atoms with Crippen LogP contribution >= 0.6 is 0 Å². The van der Waals surface area contributed by atoms with Gasteiger partial charge in [0.1, 0.15) is 11.5 Å². The smallest absolute Gasteiger partial charge is 0.220 e. The third-order valence-electron chi connectivity index (χ3n) is 3.83. The molecule has 106 valence electrons. The quantitative estimate of drug-likeness (QED) is 0.794. The van der Waals surface area contributed by atoms with E-state index in [4.69, 9.17) is 9.52 Å². The van der Waals surface area contributed by atoms with Crippen LogP contribution in [0.5, 0.6) is 0 Å². The summed E-state index contributed by atoms with van der Waals surface area (Å²) in [7, 11) is 0. The molecule has 2 N–H and O–H groups in total. The van der Waals surface area contributed by atoms with Gasteiger partial charge in [0.2, 0.25) is 5.91 Å². The lowest BCUT2D eigenvalue weighted by atomic mass is 10.2. The maximum Gasteiger partial charge on any atom is 0.220 e. The zero-order valence-corrected chi connectivity index (χ0v) is 11.7. The van der Waals surface area contributed by atoms with Crippen molar-refractivity contribution in [1.82, 2.24) is 5.32 Å². The third-order valence-corrected chi connectivity index (χ3v) is 3.83. The number of aliphatic hydroxyl groups is 1. The SMILES string of the molecule is CC[C@@H](CO)NC(=O)CCc1ccc(C2CC2C)o1. The molecule has 0 radical (unpaired) electrons. The predicted octanol–water partition coefficient (Wildman–Crippen LogP) is 2.22. The molecule has 1 fully saturated rings. The van der Waals surface area contributed by atoms with E-state index in [1.165, 1.54) is 6.42 Å². The summed E-state index contributed by atoms with van der Waals surface area (Å²) in [5.41, 5.74) is 0. The molecule has 19 heavy (non-hydrogen) atoms. The van der Waals surface area contributed by atoms with E-state index < -0.39 is 0 Å². The largest absolute Gasteiger partial charge is 0.466 e. The molecule has 0 bridgehead atoms. The van der Waals surface area contributed by atoms with Gasteiger partial charge in [0.15, 0.2) is 0 Å². The minimum absolute atomic E-state index is 0.00723. The molecule has 1 amide bonds. The van der Waals surface area contributed by atoms with E-state index >= 15 is 0 Å². The Balaban J connectivity index is 1.75. The van der Waals surface area contributed by atoms with Gasteiger partial charge in [-0.1, -0.05) is 13.8 Å². The molecule has 1 aromatic heterocycles. The van der Waals surface area contributed by atoms with Crippen LogP contribution in [0.15, 0.2) is 16.5 Å². The fourth-order valence-electron chi connectivity index (χ4n) is 2.26. The number of aliphatic hydroxyl groups excluding tert-OH is 1. The van der Waals surface area contributed by atoms with Crippen LogP contribution in [0.4, 0.5) is 0 Å². The lowest BCUT2D eigenvalue weighted by molar-refractivity contribution is -0.122. The van der Waals surface area contributed by atoms with Crippen LogP contribution in [0.2, 0.25) is 0 Å². The number of carbonyl (C=O) groups excluding carboxylic acids is 1. The van der Waals surface area contributed by atoms with Crippen LogP contribution in [0, 0.1) is 5.92 Å². The van der Waals surface area contributed by atoms with Crippen molar-refractivity contribution >= 4 is 5.91 Å². The molecule has 4 heteroatoms. The van der Waals surface area contributed by atoms with E-state index in [1.807, 2.05) is 19.1 Å². The van der Waals surface area contributed by atoms with Crippen molar-refractivity contribution < 1.29 is 14.3 Å². The first-order chi connectivity index (χ1) is 9.13. The highest BCUT2D eigenvalue weighted by Gasteiger charge is 2.36. The monoisotopic (exact) mass is 265 g/mol. The Kier molecular flexibility index (Phi) is 4.64. The number of hydrogen-bond acceptors (Lipinski definition) is 3. The van der Waals surface area contributed by atoms with Crippen LogP contribution < -0.4 is 5.32 Å². The number of furan rings is 1. The maximum atomic E-state index is 11.7. The van der Waals surface area contributed by atoms with Crippen molar-refractivity contribution in [2.24, 2.45) is 5.92 Å². The number of amides is 1. The second-order valence-corrected chi connectivity index (χ2v) is 5.48. The van der Waals surface area contributed by atoms with Crippen LogP contribution in [-0.2, 0) is 11.2 Å². The number of rotatable bonds is 7. The Hall–Kier alpha value is -1.29. The topological polar surface area (TPSA) is 62.5 Å². The lowest BCUT2D eigenvalue weighted by Gasteiger charge is -2.13. The Labute approximate surface area is 114 Å². The van der Waals surface area contributed by atoms with Gasteiger partial charge in [0, 0.05) is 18.8 Å². The molecule has 2 unspecified atom stereocenters. The summed E-state index contributed by atoms with van der Waals surface area (Å²) >= 11 is 0. The summed E-state index contributed by atoms with van der Waals surface area (Å²) in [5.74, 6) is 3.23. The molecular weight excluding hydrogens is 242 g/mol. The van der Waals surface area contributed by atoms with E-state index in [9.17, 15) is 4.79 Å². The van der Waals surface area contributed by atoms with Gasteiger partial charge >= 0.3 is 0 Å². The van der Waals surface area contributed by atoms with E-state index in [0.717, 1.165) is 23.9 Å². The van der Waals surface area contributed by atoms with Crippen LogP contribution in [0.1, 0.15) is 50.5 Å². The minimum atomic E-state index is -0.132. The summed E-state index contributed by atoms with van der Waals surface area (Å²) in [6, 6.07) is 3.87. The normalized spacial score (nSPS) is 23.1. The summed E-state index contributed by atoms with van der Waals surface area (Å²) in [4.78, 5) is 11.7. The van der Waals surface area contributed by atoms with Gasteiger partial charge in [-0.3, -0.25) is 4.79 Å². The zero-order valence-electron chi connectivity index (χ0n) is 11.7. The van der Waals surface area contributed by atoms with Crippen molar-refractivity contribution in [2.75, 3.05) is 6.61 Å². The van der Waals surface area contributed by atoms with E-state index in [0.29, 0.717) is 18.8 Å². The van der Waals surface area contributed by atoms with E-state index in [-0.39, 0.29) is 18.6 Å². The molecule has 3 atom stereocenters. The van der Waals surface area contributed by atoms with Crippen LogP contribution in [-0.4, -0.2) is 23.7 Å². The Morgan fingerprint density at radius 3 is 2.89 bits per heavy atom. The summed E-state index contributed by atoms with van der Waals surface area (Å²) < 4.78 is 5.76. The number of aryl methyl sites for hydroxylation is 1. The van der Waals surface area contributed by atoms with Gasteiger partial charge in [0.25, 0.3) is 0 Å². The standard InChI is InChI=1S/C15H23NO3/c1-3-11(9-17)16-15(18)7-5-12-4-6-14(19-12)13-8-10(13)2/h4,6,10-11,13,17H,3,5,7-9H2,1-2H3,(H,16,18)/t10?,11-,13?/m0/s1. The average Bonchev–Trinajstić information content (AvgIpc) is 2.96. The first-order valence-electron chi connectivity index (χ1n) is 7.12. The molecular formula is C15H23NO3. The Bertz CT molecular complexity index is 423. The van der Waals surface area contributed by atoms with Gasteiger partial charge in [-0.2, -0.15) is 0 Å². The molecule has 1 aliphatic rings. The Morgan fingerprint density at radius 2 is 2.32 bits per heavy atom. The minimum Gasteiger partial charge on any atom is -0.466 e. The highest BCUT2D eigenvalue weighted by molar-refractivity contribution is 5.76. The first-order valence-corrected chi connectivity index (χ1v) is 7.12.